The number of benzene rings is 1. The second-order valence-electron chi connectivity index (χ2n) is 9.79. The Labute approximate surface area is 212 Å². The zero-order valence-corrected chi connectivity index (χ0v) is 21.1. The molecule has 8 rings (SSSR count). The number of hydrogen-bond donors (Lipinski definition) is 1. The van der Waals surface area contributed by atoms with Crippen LogP contribution in [0.25, 0.3) is 0 Å². The van der Waals surface area contributed by atoms with E-state index in [4.69, 9.17) is 10.7 Å². The van der Waals surface area contributed by atoms with Crippen molar-refractivity contribution in [3.05, 3.63) is 63.6 Å². The molecule has 1 saturated heterocycles. The normalized spacial score (nSPS) is 23.0. The van der Waals surface area contributed by atoms with Gasteiger partial charge in [0.05, 0.1) is 28.1 Å². The van der Waals surface area contributed by atoms with E-state index in [0.29, 0.717) is 29.6 Å². The second-order valence-corrected chi connectivity index (χ2v) is 11.6. The molecule has 2 N–H and O–H groups in total. The van der Waals surface area contributed by atoms with E-state index < -0.39 is 5.92 Å². The molecule has 0 amide bonds. The van der Waals surface area contributed by atoms with Crippen LogP contribution in [0.2, 0.25) is 0 Å². The fraction of sp³-hybridized carbons (Fsp3) is 0.370. The molecule has 6 heterocycles. The molecular formula is C27H25N5OS2. The van der Waals surface area contributed by atoms with Crippen molar-refractivity contribution >= 4 is 44.7 Å². The minimum absolute atomic E-state index is 0.145. The fourth-order valence-corrected chi connectivity index (χ4v) is 8.37. The largest absolute Gasteiger partial charge is 0.383 e. The monoisotopic (exact) mass is 499 g/mol. The SMILES string of the molecule is CSc1ccc([C@@H]2C(C#N)=C3N=C(N)c4c(sc5c4C4CCN5CC4)N3C3=C2C(=O)CCC3)cc1. The number of carbonyl (C=O) groups is 1. The Morgan fingerprint density at radius 3 is 2.66 bits per heavy atom. The number of nitriles is 1. The van der Waals surface area contributed by atoms with Crippen molar-refractivity contribution in [3.8, 4) is 6.07 Å². The molecule has 176 valence electrons. The van der Waals surface area contributed by atoms with Gasteiger partial charge in [0.25, 0.3) is 0 Å². The summed E-state index contributed by atoms with van der Waals surface area (Å²) in [5.74, 6) is 1.36. The van der Waals surface area contributed by atoms with E-state index >= 15 is 0 Å². The van der Waals surface area contributed by atoms with Crippen LogP contribution in [0, 0.1) is 11.3 Å². The first-order valence-electron chi connectivity index (χ1n) is 12.2. The number of amidine groups is 1. The molecule has 6 aliphatic rings. The van der Waals surface area contributed by atoms with Gasteiger partial charge in [0.2, 0.25) is 0 Å². The maximum atomic E-state index is 13.5. The molecule has 2 aromatic rings. The molecule has 8 heteroatoms. The first-order chi connectivity index (χ1) is 17.1. The molecule has 6 nitrogen and oxygen atoms in total. The number of nitrogens with zero attached hydrogens (tertiary/aromatic N) is 4. The van der Waals surface area contributed by atoms with E-state index in [1.807, 2.05) is 18.4 Å². The van der Waals surface area contributed by atoms with Crippen molar-refractivity contribution in [3.63, 3.8) is 0 Å². The summed E-state index contributed by atoms with van der Waals surface area (Å²) < 4.78 is 0. The standard InChI is InChI=1S/C27H25N5OS2/c1-34-16-7-5-14(6-8-16)20-17(13-28)25-30-24(29)23-21-15-9-11-31(12-10-15)26(21)35-27(23)32(25)18-3-2-4-19(33)22(18)20/h5-8,15,20H,2-4,9-12H2,1H3,(H2,29,30)/t20-/m1/s1. The third-order valence-electron chi connectivity index (χ3n) is 8.08. The number of thiophene rings is 1. The molecule has 5 aliphatic heterocycles. The van der Waals surface area contributed by atoms with Crippen LogP contribution in [0.3, 0.4) is 0 Å². The Morgan fingerprint density at radius 1 is 1.17 bits per heavy atom. The van der Waals surface area contributed by atoms with Gasteiger partial charge >= 0.3 is 0 Å². The highest BCUT2D eigenvalue weighted by Crippen LogP contribution is 2.57. The predicted molar refractivity (Wildman–Crippen MR) is 141 cm³/mol. The van der Waals surface area contributed by atoms with E-state index in [1.165, 1.54) is 10.6 Å². The number of ketones is 1. The maximum Gasteiger partial charge on any atom is 0.161 e. The van der Waals surface area contributed by atoms with E-state index in [1.54, 1.807) is 23.1 Å². The Bertz CT molecular complexity index is 1420. The number of rotatable bonds is 2. The number of anilines is 2. The predicted octanol–water partition coefficient (Wildman–Crippen LogP) is 5.23. The lowest BCUT2D eigenvalue weighted by Crippen LogP contribution is -2.40. The highest BCUT2D eigenvalue weighted by molar-refractivity contribution is 7.98. The number of nitrogens with two attached hydrogens (primary N) is 1. The first kappa shape index (κ1) is 21.3. The van der Waals surface area contributed by atoms with Gasteiger partial charge in [0.1, 0.15) is 10.8 Å². The van der Waals surface area contributed by atoms with Gasteiger partial charge in [0, 0.05) is 41.2 Å². The van der Waals surface area contributed by atoms with E-state index in [9.17, 15) is 10.1 Å². The highest BCUT2D eigenvalue weighted by atomic mass is 32.2. The van der Waals surface area contributed by atoms with Gasteiger partial charge in [-0.15, -0.1) is 11.8 Å². The molecule has 1 aliphatic carbocycles. The lowest BCUT2D eigenvalue weighted by Gasteiger charge is -2.41. The number of fused-ring (bicyclic) bond motifs is 6. The van der Waals surface area contributed by atoms with Crippen molar-refractivity contribution in [1.82, 2.24) is 0 Å². The lowest BCUT2D eigenvalue weighted by molar-refractivity contribution is -0.116. The number of aliphatic imine (C=N–C) groups is 1. The average molecular weight is 500 g/mol. The molecule has 35 heavy (non-hydrogen) atoms. The molecule has 1 aromatic carbocycles. The van der Waals surface area contributed by atoms with Crippen molar-refractivity contribution in [2.75, 3.05) is 29.1 Å². The van der Waals surface area contributed by atoms with Crippen LogP contribution in [0.5, 0.6) is 0 Å². The van der Waals surface area contributed by atoms with Crippen LogP contribution in [-0.4, -0.2) is 31.0 Å². The van der Waals surface area contributed by atoms with E-state index in [0.717, 1.165) is 71.1 Å². The summed E-state index contributed by atoms with van der Waals surface area (Å²) in [6.45, 7) is 2.17. The van der Waals surface area contributed by atoms with Gasteiger partial charge in [-0.2, -0.15) is 5.26 Å². The molecule has 0 radical (unpaired) electrons. The molecule has 0 saturated carbocycles. The smallest absolute Gasteiger partial charge is 0.161 e. The maximum absolute atomic E-state index is 13.5. The van der Waals surface area contributed by atoms with Gasteiger partial charge in [0.15, 0.2) is 11.6 Å². The number of thioether (sulfide) groups is 1. The second kappa shape index (κ2) is 7.74. The summed E-state index contributed by atoms with van der Waals surface area (Å²) in [7, 11) is 0. The average Bonchev–Trinajstić information content (AvgIpc) is 3.32. The van der Waals surface area contributed by atoms with Gasteiger partial charge in [-0.05, 0) is 55.6 Å². The van der Waals surface area contributed by atoms with Gasteiger partial charge in [-0.1, -0.05) is 23.5 Å². The number of allylic oxidation sites excluding steroid dienone is 3. The Balaban J connectivity index is 1.48. The Kier molecular flexibility index (Phi) is 4.71. The summed E-state index contributed by atoms with van der Waals surface area (Å²) in [4.78, 5) is 24.1. The number of piperidine rings is 1. The fourth-order valence-electron chi connectivity index (χ4n) is 6.48. The van der Waals surface area contributed by atoms with Crippen LogP contribution in [0.15, 0.2) is 56.8 Å². The Hall–Kier alpha value is -3.02. The van der Waals surface area contributed by atoms with Gasteiger partial charge < -0.3 is 10.6 Å². The van der Waals surface area contributed by atoms with Crippen LogP contribution in [0.1, 0.15) is 60.6 Å². The van der Waals surface area contributed by atoms with Crippen molar-refractivity contribution in [1.29, 1.82) is 5.26 Å². The molecule has 1 atom stereocenters. The van der Waals surface area contributed by atoms with Crippen molar-refractivity contribution in [2.45, 2.75) is 48.8 Å². The third-order valence-corrected chi connectivity index (χ3v) is 10.1. The zero-order valence-electron chi connectivity index (χ0n) is 19.5. The zero-order chi connectivity index (χ0) is 23.8. The van der Waals surface area contributed by atoms with Gasteiger partial charge in [-0.3, -0.25) is 9.69 Å². The number of hydrogen-bond acceptors (Lipinski definition) is 8. The molecule has 0 unspecified atom stereocenters. The molecule has 1 aromatic heterocycles. The van der Waals surface area contributed by atoms with Crippen LogP contribution < -0.4 is 15.5 Å². The minimum atomic E-state index is -0.405. The highest BCUT2D eigenvalue weighted by Gasteiger charge is 2.46. The van der Waals surface area contributed by atoms with E-state index in [2.05, 4.69) is 28.0 Å². The number of carbonyl (C=O) groups excluding carboxylic acids is 1. The van der Waals surface area contributed by atoms with E-state index in [-0.39, 0.29) is 5.78 Å². The quantitative estimate of drug-likeness (QED) is 0.570. The third kappa shape index (κ3) is 2.88. The van der Waals surface area contributed by atoms with Crippen molar-refractivity contribution < 1.29 is 4.79 Å². The minimum Gasteiger partial charge on any atom is -0.383 e. The topological polar surface area (TPSA) is 85.7 Å². The van der Waals surface area contributed by atoms with Crippen LogP contribution in [0.4, 0.5) is 10.0 Å². The molecule has 1 fully saturated rings. The lowest BCUT2D eigenvalue weighted by atomic mass is 9.75. The molecule has 0 spiro atoms. The first-order valence-corrected chi connectivity index (χ1v) is 14.3. The van der Waals surface area contributed by atoms with Crippen LogP contribution >= 0.6 is 23.1 Å². The summed E-state index contributed by atoms with van der Waals surface area (Å²) >= 11 is 3.44. The molecule has 2 bridgehead atoms. The summed E-state index contributed by atoms with van der Waals surface area (Å²) in [6, 6.07) is 10.7. The number of Topliss-reactive ketones (excluding diaryl/α,β-unsaturated/α-hetero) is 1. The summed E-state index contributed by atoms with van der Waals surface area (Å²) in [5.41, 5.74) is 12.3. The summed E-state index contributed by atoms with van der Waals surface area (Å²) in [5, 5.41) is 12.8. The van der Waals surface area contributed by atoms with Crippen LogP contribution in [-0.2, 0) is 4.79 Å². The van der Waals surface area contributed by atoms with Crippen molar-refractivity contribution in [2.24, 2.45) is 10.7 Å². The molecular weight excluding hydrogens is 474 g/mol. The summed E-state index contributed by atoms with van der Waals surface area (Å²) in [6.07, 6.45) is 6.48. The Morgan fingerprint density at radius 2 is 1.94 bits per heavy atom. The van der Waals surface area contributed by atoms with Gasteiger partial charge in [-0.25, -0.2) is 4.99 Å².